The second kappa shape index (κ2) is 5.82. The maximum atomic E-state index is 12.1. The van der Waals surface area contributed by atoms with E-state index in [0.29, 0.717) is 11.5 Å². The van der Waals surface area contributed by atoms with Gasteiger partial charge in [0.1, 0.15) is 16.5 Å². The van der Waals surface area contributed by atoms with Gasteiger partial charge in [-0.2, -0.15) is 0 Å². The molecule has 100 valence electrons. The number of aromatic nitrogens is 2. The van der Waals surface area contributed by atoms with Gasteiger partial charge in [0.25, 0.3) is 5.91 Å². The SMILES string of the molecule is O=C(Nc1ccccn1)c1csc(-c2cc(Br)cs2)n1. The number of hydrogen-bond donors (Lipinski definition) is 1. The number of carbonyl (C=O) groups is 1. The van der Waals surface area contributed by atoms with Crippen LogP contribution in [0.25, 0.3) is 9.88 Å². The number of halogens is 1. The first-order valence-corrected chi connectivity index (χ1v) is 8.20. The zero-order valence-corrected chi connectivity index (χ0v) is 13.3. The lowest BCUT2D eigenvalue weighted by atomic mass is 10.4. The van der Waals surface area contributed by atoms with E-state index in [-0.39, 0.29) is 5.91 Å². The summed E-state index contributed by atoms with van der Waals surface area (Å²) in [7, 11) is 0. The number of thiazole rings is 1. The molecule has 0 unspecified atom stereocenters. The highest BCUT2D eigenvalue weighted by molar-refractivity contribution is 9.10. The molecule has 1 N–H and O–H groups in total. The van der Waals surface area contributed by atoms with E-state index in [1.807, 2.05) is 17.5 Å². The predicted octanol–water partition coefficient (Wildman–Crippen LogP) is 4.28. The van der Waals surface area contributed by atoms with Gasteiger partial charge in [-0.15, -0.1) is 22.7 Å². The van der Waals surface area contributed by atoms with Crippen molar-refractivity contribution in [2.24, 2.45) is 0 Å². The summed E-state index contributed by atoms with van der Waals surface area (Å²) in [6.45, 7) is 0. The number of carbonyl (C=O) groups excluding carboxylic acids is 1. The van der Waals surface area contributed by atoms with Crippen molar-refractivity contribution in [3.8, 4) is 9.88 Å². The molecule has 0 aromatic carbocycles. The fourth-order valence-corrected chi connectivity index (χ4v) is 3.84. The first-order chi connectivity index (χ1) is 9.72. The lowest BCUT2D eigenvalue weighted by Crippen LogP contribution is -2.13. The van der Waals surface area contributed by atoms with E-state index < -0.39 is 0 Å². The van der Waals surface area contributed by atoms with Crippen LogP contribution < -0.4 is 5.32 Å². The van der Waals surface area contributed by atoms with Gasteiger partial charge in [0.15, 0.2) is 0 Å². The van der Waals surface area contributed by atoms with Crippen LogP contribution >= 0.6 is 38.6 Å². The Hall–Kier alpha value is -1.57. The van der Waals surface area contributed by atoms with Crippen LogP contribution in [0.3, 0.4) is 0 Å². The Morgan fingerprint density at radius 3 is 2.85 bits per heavy atom. The Kier molecular flexibility index (Phi) is 3.90. The van der Waals surface area contributed by atoms with Gasteiger partial charge < -0.3 is 5.32 Å². The standard InChI is InChI=1S/C13H8BrN3OS2/c14-8-5-10(19-6-8)13-16-9(7-20-13)12(18)17-11-3-1-2-4-15-11/h1-7H,(H,15,17,18). The third-order valence-electron chi connectivity index (χ3n) is 2.42. The highest BCUT2D eigenvalue weighted by atomic mass is 79.9. The molecule has 0 atom stereocenters. The van der Waals surface area contributed by atoms with Crippen LogP contribution in [0.5, 0.6) is 0 Å². The van der Waals surface area contributed by atoms with Gasteiger partial charge in [0, 0.05) is 21.4 Å². The fourth-order valence-electron chi connectivity index (χ4n) is 1.53. The predicted molar refractivity (Wildman–Crippen MR) is 85.3 cm³/mol. The van der Waals surface area contributed by atoms with E-state index in [0.717, 1.165) is 14.4 Å². The number of nitrogens with zero attached hydrogens (tertiary/aromatic N) is 2. The molecule has 0 aliphatic rings. The van der Waals surface area contributed by atoms with Crippen LogP contribution in [0.15, 0.2) is 45.7 Å². The zero-order valence-electron chi connectivity index (χ0n) is 10.0. The van der Waals surface area contributed by atoms with Crippen molar-refractivity contribution in [2.45, 2.75) is 0 Å². The van der Waals surface area contributed by atoms with Crippen LogP contribution in [-0.2, 0) is 0 Å². The van der Waals surface area contributed by atoms with Crippen molar-refractivity contribution in [2.75, 3.05) is 5.32 Å². The molecule has 3 rings (SSSR count). The number of nitrogens with one attached hydrogen (secondary N) is 1. The molecule has 20 heavy (non-hydrogen) atoms. The Bertz CT molecular complexity index is 739. The largest absolute Gasteiger partial charge is 0.305 e. The van der Waals surface area contributed by atoms with Crippen molar-refractivity contribution in [3.63, 3.8) is 0 Å². The summed E-state index contributed by atoms with van der Waals surface area (Å²) in [5, 5.41) is 7.30. The smallest absolute Gasteiger partial charge is 0.276 e. The molecule has 0 fully saturated rings. The molecule has 0 radical (unpaired) electrons. The van der Waals surface area contributed by atoms with Gasteiger partial charge >= 0.3 is 0 Å². The van der Waals surface area contributed by atoms with Gasteiger partial charge in [-0.3, -0.25) is 4.79 Å². The zero-order chi connectivity index (χ0) is 13.9. The summed E-state index contributed by atoms with van der Waals surface area (Å²) in [5.74, 6) is 0.271. The van der Waals surface area contributed by atoms with Crippen LogP contribution in [-0.4, -0.2) is 15.9 Å². The molecule has 4 nitrogen and oxygen atoms in total. The Morgan fingerprint density at radius 2 is 2.15 bits per heavy atom. The first-order valence-electron chi connectivity index (χ1n) is 5.65. The minimum Gasteiger partial charge on any atom is -0.305 e. The lowest BCUT2D eigenvalue weighted by molar-refractivity contribution is 0.102. The number of pyridine rings is 1. The van der Waals surface area contributed by atoms with E-state index in [2.05, 4.69) is 31.2 Å². The molecule has 0 saturated heterocycles. The minimum atomic E-state index is -0.248. The Morgan fingerprint density at radius 1 is 1.25 bits per heavy atom. The molecule has 0 bridgehead atoms. The van der Waals surface area contributed by atoms with Gasteiger partial charge in [-0.05, 0) is 34.1 Å². The molecule has 0 aliphatic carbocycles. The van der Waals surface area contributed by atoms with Crippen molar-refractivity contribution in [1.29, 1.82) is 0 Å². The third-order valence-corrected chi connectivity index (χ3v) is 5.12. The molecule has 0 saturated carbocycles. The number of anilines is 1. The maximum absolute atomic E-state index is 12.1. The molecule has 0 spiro atoms. The number of hydrogen-bond acceptors (Lipinski definition) is 5. The Balaban J connectivity index is 1.78. The highest BCUT2D eigenvalue weighted by Crippen LogP contribution is 2.32. The summed E-state index contributed by atoms with van der Waals surface area (Å²) < 4.78 is 1.02. The minimum absolute atomic E-state index is 0.248. The second-order valence-electron chi connectivity index (χ2n) is 3.84. The van der Waals surface area contributed by atoms with Gasteiger partial charge in [-0.25, -0.2) is 9.97 Å². The molecule has 0 aliphatic heterocycles. The maximum Gasteiger partial charge on any atom is 0.276 e. The molecule has 3 heterocycles. The van der Waals surface area contributed by atoms with E-state index in [9.17, 15) is 4.79 Å². The quantitative estimate of drug-likeness (QED) is 0.753. The van der Waals surface area contributed by atoms with E-state index in [1.54, 1.807) is 35.0 Å². The van der Waals surface area contributed by atoms with Crippen LogP contribution in [0.1, 0.15) is 10.5 Å². The van der Waals surface area contributed by atoms with E-state index in [1.165, 1.54) is 11.3 Å². The molecule has 3 aromatic rings. The monoisotopic (exact) mass is 365 g/mol. The van der Waals surface area contributed by atoms with Gasteiger partial charge in [-0.1, -0.05) is 6.07 Å². The van der Waals surface area contributed by atoms with Crippen molar-refractivity contribution in [1.82, 2.24) is 9.97 Å². The summed E-state index contributed by atoms with van der Waals surface area (Å²) in [6.07, 6.45) is 1.63. The number of rotatable bonds is 3. The molecule has 1 amide bonds. The van der Waals surface area contributed by atoms with Crippen molar-refractivity contribution < 1.29 is 4.79 Å². The fraction of sp³-hybridized carbons (Fsp3) is 0. The van der Waals surface area contributed by atoms with Crippen molar-refractivity contribution in [3.05, 3.63) is 51.4 Å². The van der Waals surface area contributed by atoms with E-state index >= 15 is 0 Å². The van der Waals surface area contributed by atoms with Gasteiger partial charge in [0.2, 0.25) is 0 Å². The first kappa shape index (κ1) is 13.4. The number of thiophene rings is 1. The van der Waals surface area contributed by atoms with Crippen LogP contribution in [0.4, 0.5) is 5.82 Å². The second-order valence-corrected chi connectivity index (χ2v) is 6.52. The van der Waals surface area contributed by atoms with Gasteiger partial charge in [0.05, 0.1) is 4.88 Å². The summed E-state index contributed by atoms with van der Waals surface area (Å²) in [5.41, 5.74) is 0.403. The normalized spacial score (nSPS) is 10.4. The summed E-state index contributed by atoms with van der Waals surface area (Å²) in [6, 6.07) is 7.34. The topological polar surface area (TPSA) is 54.9 Å². The average molecular weight is 366 g/mol. The molecular formula is C13H8BrN3OS2. The highest BCUT2D eigenvalue weighted by Gasteiger charge is 2.13. The molecular weight excluding hydrogens is 358 g/mol. The van der Waals surface area contributed by atoms with E-state index in [4.69, 9.17) is 0 Å². The van der Waals surface area contributed by atoms with Crippen LogP contribution in [0, 0.1) is 0 Å². The third kappa shape index (κ3) is 2.95. The van der Waals surface area contributed by atoms with Crippen LogP contribution in [0.2, 0.25) is 0 Å². The lowest BCUT2D eigenvalue weighted by Gasteiger charge is -2.00. The average Bonchev–Trinajstić information content (AvgIpc) is 3.08. The molecule has 7 heteroatoms. The summed E-state index contributed by atoms with van der Waals surface area (Å²) in [4.78, 5) is 21.5. The molecule has 3 aromatic heterocycles. The Labute approximate surface area is 131 Å². The van der Waals surface area contributed by atoms with Crippen molar-refractivity contribution >= 4 is 50.3 Å². The summed E-state index contributed by atoms with van der Waals surface area (Å²) >= 11 is 6.45. The number of amides is 1.